The van der Waals surface area contributed by atoms with E-state index in [9.17, 15) is 19.5 Å². The standard InChI is InChI=1S/C20H25N7O5/c21-16-12-7-11(9-24-17(12)27-20(22)26-16)2-1-10-5-6-23-14(8-10)18(30)25-13(19(31)32)3-4-15(28)29/h5-6,8,11,13H,1-4,7,9H2,(H,25,30)(H,28,29)(H,31,32)(H5,21,22,24,26,27)/t11?,13-/m0/s1. The summed E-state index contributed by atoms with van der Waals surface area (Å²) < 4.78 is 0. The lowest BCUT2D eigenvalue weighted by Gasteiger charge is -2.26. The molecule has 0 spiro atoms. The van der Waals surface area contributed by atoms with Gasteiger partial charge in [-0.1, -0.05) is 0 Å². The maximum absolute atomic E-state index is 12.4. The van der Waals surface area contributed by atoms with E-state index in [0.29, 0.717) is 31.0 Å². The minimum absolute atomic E-state index is 0.0734. The molecule has 12 heteroatoms. The van der Waals surface area contributed by atoms with Crippen molar-refractivity contribution in [2.75, 3.05) is 23.3 Å². The van der Waals surface area contributed by atoms with Crippen LogP contribution < -0.4 is 22.1 Å². The highest BCUT2D eigenvalue weighted by atomic mass is 16.4. The molecule has 0 radical (unpaired) electrons. The second-order valence-electron chi connectivity index (χ2n) is 7.63. The van der Waals surface area contributed by atoms with Crippen molar-refractivity contribution in [3.63, 3.8) is 0 Å². The molecule has 2 aromatic rings. The molecule has 0 bridgehead atoms. The van der Waals surface area contributed by atoms with Gasteiger partial charge in [-0.2, -0.15) is 9.97 Å². The summed E-state index contributed by atoms with van der Waals surface area (Å²) in [6.45, 7) is 0.700. The molecule has 0 aromatic carbocycles. The number of amides is 1. The van der Waals surface area contributed by atoms with Gasteiger partial charge in [0.2, 0.25) is 5.95 Å². The number of hydrogen-bond acceptors (Lipinski definition) is 9. The lowest BCUT2D eigenvalue weighted by molar-refractivity contribution is -0.140. The number of aryl methyl sites for hydroxylation is 1. The molecule has 170 valence electrons. The van der Waals surface area contributed by atoms with Crippen molar-refractivity contribution in [1.82, 2.24) is 20.3 Å². The van der Waals surface area contributed by atoms with Gasteiger partial charge in [0.05, 0.1) is 0 Å². The van der Waals surface area contributed by atoms with E-state index in [4.69, 9.17) is 16.6 Å². The van der Waals surface area contributed by atoms with E-state index in [2.05, 4.69) is 25.6 Å². The van der Waals surface area contributed by atoms with Gasteiger partial charge < -0.3 is 32.3 Å². The van der Waals surface area contributed by atoms with E-state index < -0.39 is 23.9 Å². The van der Waals surface area contributed by atoms with E-state index >= 15 is 0 Å². The second kappa shape index (κ2) is 9.90. The van der Waals surface area contributed by atoms with Crippen LogP contribution in [-0.2, 0) is 22.4 Å². The van der Waals surface area contributed by atoms with E-state index in [1.54, 1.807) is 12.1 Å². The Balaban J connectivity index is 1.59. The first-order valence-corrected chi connectivity index (χ1v) is 10.1. The number of aromatic nitrogens is 3. The number of carbonyl (C=O) groups is 3. The fourth-order valence-corrected chi connectivity index (χ4v) is 3.55. The maximum Gasteiger partial charge on any atom is 0.326 e. The van der Waals surface area contributed by atoms with E-state index in [1.807, 2.05) is 0 Å². The monoisotopic (exact) mass is 443 g/mol. The molecule has 1 unspecified atom stereocenters. The third-order valence-electron chi connectivity index (χ3n) is 5.26. The lowest BCUT2D eigenvalue weighted by atomic mass is 9.90. The summed E-state index contributed by atoms with van der Waals surface area (Å²) in [6, 6.07) is 2.09. The minimum Gasteiger partial charge on any atom is -0.481 e. The van der Waals surface area contributed by atoms with Crippen molar-refractivity contribution in [3.05, 3.63) is 35.2 Å². The van der Waals surface area contributed by atoms with Crippen LogP contribution in [0.4, 0.5) is 17.6 Å². The van der Waals surface area contributed by atoms with Gasteiger partial charge in [-0.25, -0.2) is 4.79 Å². The molecule has 0 fully saturated rings. The number of carbonyl (C=O) groups excluding carboxylic acids is 1. The molecular weight excluding hydrogens is 418 g/mol. The number of nitrogens with two attached hydrogens (primary N) is 2. The van der Waals surface area contributed by atoms with Crippen molar-refractivity contribution in [2.45, 2.75) is 38.1 Å². The van der Waals surface area contributed by atoms with Gasteiger partial charge in [0.15, 0.2) is 0 Å². The molecule has 0 aliphatic carbocycles. The maximum atomic E-state index is 12.4. The summed E-state index contributed by atoms with van der Waals surface area (Å²) >= 11 is 0. The molecule has 2 atom stereocenters. The zero-order chi connectivity index (χ0) is 23.3. The number of aliphatic carboxylic acids is 2. The number of carboxylic acids is 2. The summed E-state index contributed by atoms with van der Waals surface area (Å²) in [7, 11) is 0. The van der Waals surface area contributed by atoms with Gasteiger partial charge in [0.1, 0.15) is 23.4 Å². The summed E-state index contributed by atoms with van der Waals surface area (Å²) in [5.74, 6) is -1.68. The average molecular weight is 443 g/mol. The Kier molecular flexibility index (Phi) is 7.03. The summed E-state index contributed by atoms with van der Waals surface area (Å²) in [5.41, 5.74) is 13.4. The Morgan fingerprint density at radius 1 is 1.25 bits per heavy atom. The number of fused-ring (bicyclic) bond motifs is 1. The smallest absolute Gasteiger partial charge is 0.326 e. The van der Waals surface area contributed by atoms with Crippen LogP contribution in [0.2, 0.25) is 0 Å². The Hall–Kier alpha value is -3.96. The topological polar surface area (TPSA) is 206 Å². The largest absolute Gasteiger partial charge is 0.481 e. The fourth-order valence-electron chi connectivity index (χ4n) is 3.55. The number of pyridine rings is 1. The van der Waals surface area contributed by atoms with Crippen molar-refractivity contribution < 1.29 is 24.6 Å². The average Bonchev–Trinajstić information content (AvgIpc) is 2.75. The van der Waals surface area contributed by atoms with E-state index in [-0.39, 0.29) is 30.4 Å². The van der Waals surface area contributed by atoms with Crippen LogP contribution in [0.5, 0.6) is 0 Å². The Morgan fingerprint density at radius 2 is 2.03 bits per heavy atom. The van der Waals surface area contributed by atoms with Crippen LogP contribution in [0.15, 0.2) is 18.3 Å². The zero-order valence-corrected chi connectivity index (χ0v) is 17.2. The molecule has 8 N–H and O–H groups in total. The van der Waals surface area contributed by atoms with Crippen molar-refractivity contribution >= 4 is 35.4 Å². The molecule has 1 amide bonds. The molecule has 1 aliphatic rings. The highest BCUT2D eigenvalue weighted by molar-refractivity contribution is 5.95. The Morgan fingerprint density at radius 3 is 2.75 bits per heavy atom. The number of nitrogens with one attached hydrogen (secondary N) is 2. The number of rotatable bonds is 9. The van der Waals surface area contributed by atoms with Crippen LogP contribution >= 0.6 is 0 Å². The van der Waals surface area contributed by atoms with Gasteiger partial charge in [0.25, 0.3) is 5.91 Å². The summed E-state index contributed by atoms with van der Waals surface area (Å²) in [4.78, 5) is 46.6. The van der Waals surface area contributed by atoms with Gasteiger partial charge in [-0.15, -0.1) is 0 Å². The molecule has 12 nitrogen and oxygen atoms in total. The molecule has 2 aromatic heterocycles. The zero-order valence-electron chi connectivity index (χ0n) is 17.2. The van der Waals surface area contributed by atoms with Gasteiger partial charge >= 0.3 is 11.9 Å². The highest BCUT2D eigenvalue weighted by Crippen LogP contribution is 2.29. The predicted octanol–water partition coefficient (Wildman–Crippen LogP) is 0.301. The third kappa shape index (κ3) is 5.80. The molecule has 32 heavy (non-hydrogen) atoms. The molecular formula is C20H25N7O5. The van der Waals surface area contributed by atoms with Crippen molar-refractivity contribution in [2.24, 2.45) is 5.92 Å². The van der Waals surface area contributed by atoms with Gasteiger partial charge in [-0.3, -0.25) is 14.6 Å². The van der Waals surface area contributed by atoms with Crippen LogP contribution in [0, 0.1) is 5.92 Å². The third-order valence-corrected chi connectivity index (χ3v) is 5.26. The fraction of sp³-hybridized carbons (Fsp3) is 0.400. The highest BCUT2D eigenvalue weighted by Gasteiger charge is 2.24. The molecule has 1 aliphatic heterocycles. The van der Waals surface area contributed by atoms with Crippen LogP contribution in [0.1, 0.15) is 40.9 Å². The van der Waals surface area contributed by atoms with Crippen molar-refractivity contribution in [3.8, 4) is 0 Å². The number of hydrogen-bond donors (Lipinski definition) is 6. The Bertz CT molecular complexity index is 1030. The molecule has 3 rings (SSSR count). The van der Waals surface area contributed by atoms with E-state index in [0.717, 1.165) is 17.5 Å². The van der Waals surface area contributed by atoms with Crippen LogP contribution in [-0.4, -0.2) is 55.6 Å². The Labute approximate surface area is 183 Å². The number of nitrogens with zero attached hydrogens (tertiary/aromatic N) is 3. The summed E-state index contributed by atoms with van der Waals surface area (Å²) in [6.07, 6.45) is 3.08. The van der Waals surface area contributed by atoms with Crippen molar-refractivity contribution in [1.29, 1.82) is 0 Å². The van der Waals surface area contributed by atoms with Crippen LogP contribution in [0.25, 0.3) is 0 Å². The minimum atomic E-state index is -1.31. The predicted molar refractivity (Wildman–Crippen MR) is 115 cm³/mol. The molecule has 0 saturated heterocycles. The first kappa shape index (κ1) is 22.7. The van der Waals surface area contributed by atoms with Gasteiger partial charge in [0, 0.05) is 24.7 Å². The number of carboxylic acid groups (broad SMARTS) is 2. The molecule has 0 saturated carbocycles. The molecule has 3 heterocycles. The number of nitrogen functional groups attached to an aromatic ring is 2. The second-order valence-corrected chi connectivity index (χ2v) is 7.63. The SMILES string of the molecule is Nc1nc(N)c2c(n1)NCC(CCc1ccnc(C(=O)N[C@@H](CCC(=O)O)C(=O)O)c1)C2. The van der Waals surface area contributed by atoms with Gasteiger partial charge in [-0.05, 0) is 49.3 Å². The first-order chi connectivity index (χ1) is 15.2. The quantitative estimate of drug-likeness (QED) is 0.310. The van der Waals surface area contributed by atoms with E-state index in [1.165, 1.54) is 6.20 Å². The van der Waals surface area contributed by atoms with Crippen LogP contribution in [0.3, 0.4) is 0 Å². The first-order valence-electron chi connectivity index (χ1n) is 10.1. The lowest BCUT2D eigenvalue weighted by Crippen LogP contribution is -2.41. The number of anilines is 3. The summed E-state index contributed by atoms with van der Waals surface area (Å²) in [5, 5.41) is 23.5. The normalized spacial score (nSPS) is 15.8.